The lowest BCUT2D eigenvalue weighted by Gasteiger charge is -1.91. The highest BCUT2D eigenvalue weighted by Crippen LogP contribution is 2.16. The Morgan fingerprint density at radius 2 is 2.45 bits per heavy atom. The maximum absolute atomic E-state index is 5.12. The molecule has 2 heterocycles. The van der Waals surface area contributed by atoms with Gasteiger partial charge < -0.3 is 4.42 Å². The molecule has 2 rings (SSSR count). The normalized spacial score (nSPS) is 9.82. The van der Waals surface area contributed by atoms with E-state index in [4.69, 9.17) is 4.42 Å². The summed E-state index contributed by atoms with van der Waals surface area (Å²) in [6.07, 6.45) is 5.07. The van der Waals surface area contributed by atoms with Gasteiger partial charge in [0.1, 0.15) is 5.76 Å². The smallest absolute Gasteiger partial charge is 0.143 e. The fourth-order valence-corrected chi connectivity index (χ4v) is 0.894. The maximum atomic E-state index is 5.12. The highest BCUT2D eigenvalue weighted by Gasteiger charge is 1.97. The zero-order valence-corrected chi connectivity index (χ0v) is 5.82. The molecule has 11 heavy (non-hydrogen) atoms. The summed E-state index contributed by atoms with van der Waals surface area (Å²) >= 11 is 0. The van der Waals surface area contributed by atoms with Gasteiger partial charge in [-0.25, -0.2) is 0 Å². The van der Waals surface area contributed by atoms with Gasteiger partial charge in [0.2, 0.25) is 0 Å². The minimum Gasteiger partial charge on any atom is -0.464 e. The minimum atomic E-state index is 0.734. The molecule has 2 heteroatoms. The van der Waals surface area contributed by atoms with E-state index < -0.39 is 0 Å². The van der Waals surface area contributed by atoms with Crippen LogP contribution >= 0.6 is 0 Å². The first-order valence-electron chi connectivity index (χ1n) is 3.32. The summed E-state index contributed by atoms with van der Waals surface area (Å²) < 4.78 is 5.12. The quantitative estimate of drug-likeness (QED) is 0.612. The van der Waals surface area contributed by atoms with Crippen molar-refractivity contribution in [3.63, 3.8) is 0 Å². The lowest BCUT2D eigenvalue weighted by atomic mass is 10.2. The van der Waals surface area contributed by atoms with Crippen molar-refractivity contribution in [1.29, 1.82) is 0 Å². The second-order valence-corrected chi connectivity index (χ2v) is 2.14. The highest BCUT2D eigenvalue weighted by molar-refractivity contribution is 5.54. The molecule has 0 aliphatic rings. The molecule has 0 aromatic carbocycles. The lowest BCUT2D eigenvalue weighted by molar-refractivity contribution is 0.581. The van der Waals surface area contributed by atoms with Gasteiger partial charge in [0.05, 0.1) is 6.26 Å². The molecule has 0 amide bonds. The average molecular weight is 144 g/mol. The third kappa shape index (κ3) is 1.15. The summed E-state index contributed by atoms with van der Waals surface area (Å²) in [5, 5.41) is 0. The van der Waals surface area contributed by atoms with Crippen molar-refractivity contribution in [1.82, 2.24) is 4.98 Å². The molecule has 0 aliphatic heterocycles. The topological polar surface area (TPSA) is 26.0 Å². The molecule has 2 aromatic rings. The monoisotopic (exact) mass is 144 g/mol. The second kappa shape index (κ2) is 2.58. The van der Waals surface area contributed by atoms with Crippen LogP contribution in [0.3, 0.4) is 0 Å². The number of aromatic nitrogens is 1. The highest BCUT2D eigenvalue weighted by atomic mass is 16.3. The number of rotatable bonds is 1. The van der Waals surface area contributed by atoms with Gasteiger partial charge in [-0.3, -0.25) is 4.98 Å². The van der Waals surface area contributed by atoms with E-state index in [1.54, 1.807) is 24.7 Å². The SMILES string of the molecule is [c]1ccoc1-c1cccnc1. The van der Waals surface area contributed by atoms with Crippen molar-refractivity contribution < 1.29 is 4.42 Å². The van der Waals surface area contributed by atoms with Gasteiger partial charge in [-0.15, -0.1) is 0 Å². The van der Waals surface area contributed by atoms with Crippen molar-refractivity contribution in [3.05, 3.63) is 42.9 Å². The van der Waals surface area contributed by atoms with E-state index in [1.807, 2.05) is 12.1 Å². The molecular formula is C9H6NO. The molecule has 0 unspecified atom stereocenters. The van der Waals surface area contributed by atoms with Gasteiger partial charge >= 0.3 is 0 Å². The van der Waals surface area contributed by atoms with Crippen molar-refractivity contribution in [2.45, 2.75) is 0 Å². The Hall–Kier alpha value is -1.57. The molecule has 0 saturated heterocycles. The van der Waals surface area contributed by atoms with Crippen molar-refractivity contribution in [2.24, 2.45) is 0 Å². The maximum Gasteiger partial charge on any atom is 0.143 e. The summed E-state index contributed by atoms with van der Waals surface area (Å²) in [6.45, 7) is 0. The Morgan fingerprint density at radius 1 is 1.45 bits per heavy atom. The van der Waals surface area contributed by atoms with Gasteiger partial charge in [-0.2, -0.15) is 0 Å². The van der Waals surface area contributed by atoms with E-state index in [-0.39, 0.29) is 0 Å². The van der Waals surface area contributed by atoms with Gasteiger partial charge in [0.25, 0.3) is 0 Å². The molecule has 0 saturated carbocycles. The number of nitrogens with zero attached hydrogens (tertiary/aromatic N) is 1. The second-order valence-electron chi connectivity index (χ2n) is 2.14. The molecule has 2 nitrogen and oxygen atoms in total. The lowest BCUT2D eigenvalue weighted by Crippen LogP contribution is -1.73. The van der Waals surface area contributed by atoms with Crippen LogP contribution in [-0.2, 0) is 0 Å². The Bertz CT molecular complexity index is 313. The van der Waals surface area contributed by atoms with E-state index in [0.29, 0.717) is 0 Å². The van der Waals surface area contributed by atoms with Crippen molar-refractivity contribution >= 4 is 0 Å². The third-order valence-electron chi connectivity index (χ3n) is 1.39. The zero-order valence-electron chi connectivity index (χ0n) is 5.82. The first-order chi connectivity index (χ1) is 5.47. The number of hydrogen-bond donors (Lipinski definition) is 0. The third-order valence-corrected chi connectivity index (χ3v) is 1.39. The molecular weight excluding hydrogens is 138 g/mol. The van der Waals surface area contributed by atoms with E-state index in [1.165, 1.54) is 0 Å². The Labute approximate surface area is 64.5 Å². The molecule has 0 fully saturated rings. The van der Waals surface area contributed by atoms with Gasteiger partial charge in [0, 0.05) is 24.0 Å². The summed E-state index contributed by atoms with van der Waals surface area (Å²) in [5.41, 5.74) is 0.956. The standard InChI is InChI=1S/C9H6NO/c1-3-8(7-10-5-1)9-4-2-6-11-9/h1-3,5-7H. The molecule has 53 valence electrons. The van der Waals surface area contributed by atoms with Crippen LogP contribution in [0.1, 0.15) is 0 Å². The van der Waals surface area contributed by atoms with Crippen LogP contribution in [0.2, 0.25) is 0 Å². The predicted molar refractivity (Wildman–Crippen MR) is 40.8 cm³/mol. The Balaban J connectivity index is 2.46. The molecule has 0 N–H and O–H groups in total. The van der Waals surface area contributed by atoms with Crippen molar-refractivity contribution in [2.75, 3.05) is 0 Å². The van der Waals surface area contributed by atoms with Gasteiger partial charge in [-0.05, 0) is 18.2 Å². The predicted octanol–water partition coefficient (Wildman–Crippen LogP) is 2.14. The van der Waals surface area contributed by atoms with Gasteiger partial charge in [-0.1, -0.05) is 0 Å². The molecule has 2 aromatic heterocycles. The van der Waals surface area contributed by atoms with Crippen molar-refractivity contribution in [3.8, 4) is 11.3 Å². The van der Waals surface area contributed by atoms with Crippen LogP contribution in [0.25, 0.3) is 11.3 Å². The van der Waals surface area contributed by atoms with Crippen LogP contribution in [0, 0.1) is 6.07 Å². The van der Waals surface area contributed by atoms with Crippen LogP contribution in [0.5, 0.6) is 0 Å². The van der Waals surface area contributed by atoms with E-state index in [0.717, 1.165) is 11.3 Å². The van der Waals surface area contributed by atoms with E-state index >= 15 is 0 Å². The first-order valence-corrected chi connectivity index (χ1v) is 3.32. The van der Waals surface area contributed by atoms with Crippen LogP contribution in [-0.4, -0.2) is 4.98 Å². The van der Waals surface area contributed by atoms with Crippen LogP contribution < -0.4 is 0 Å². The summed E-state index contributed by atoms with van der Waals surface area (Å²) in [4.78, 5) is 3.96. The molecule has 0 atom stereocenters. The molecule has 0 bridgehead atoms. The molecule has 1 radical (unpaired) electrons. The average Bonchev–Trinajstić information content (AvgIpc) is 2.58. The van der Waals surface area contributed by atoms with Crippen LogP contribution in [0.15, 0.2) is 41.3 Å². The summed E-state index contributed by atoms with van der Waals surface area (Å²) in [6, 6.07) is 8.48. The number of furan rings is 1. The molecule has 0 spiro atoms. The summed E-state index contributed by atoms with van der Waals surface area (Å²) in [5.74, 6) is 0.734. The first kappa shape index (κ1) is 6.16. The van der Waals surface area contributed by atoms with E-state index in [2.05, 4.69) is 11.1 Å². The fourth-order valence-electron chi connectivity index (χ4n) is 0.894. The minimum absolute atomic E-state index is 0.734. The summed E-state index contributed by atoms with van der Waals surface area (Å²) in [7, 11) is 0. The van der Waals surface area contributed by atoms with Crippen LogP contribution in [0.4, 0.5) is 0 Å². The van der Waals surface area contributed by atoms with E-state index in [9.17, 15) is 0 Å². The Kier molecular flexibility index (Phi) is 1.44. The Morgan fingerprint density at radius 3 is 3.09 bits per heavy atom. The number of pyridine rings is 1. The number of hydrogen-bond acceptors (Lipinski definition) is 2. The molecule has 0 aliphatic carbocycles. The zero-order chi connectivity index (χ0) is 7.52. The fraction of sp³-hybridized carbons (Fsp3) is 0. The van der Waals surface area contributed by atoms with Gasteiger partial charge in [0.15, 0.2) is 0 Å². The largest absolute Gasteiger partial charge is 0.464 e.